The first-order chi connectivity index (χ1) is 15.7. The Morgan fingerprint density at radius 2 is 1.94 bits per heavy atom. The van der Waals surface area contributed by atoms with Crippen molar-refractivity contribution in [3.8, 4) is 0 Å². The first kappa shape index (κ1) is 24.3. The summed E-state index contributed by atoms with van der Waals surface area (Å²) in [4.78, 5) is 37.8. The highest BCUT2D eigenvalue weighted by Gasteiger charge is 2.30. The molecular formula is C24H33N5O4. The van der Waals surface area contributed by atoms with Crippen LogP contribution in [0.25, 0.3) is 0 Å². The second kappa shape index (κ2) is 11.0. The quantitative estimate of drug-likeness (QED) is 0.564. The van der Waals surface area contributed by atoms with Crippen LogP contribution in [0.5, 0.6) is 0 Å². The van der Waals surface area contributed by atoms with Crippen LogP contribution in [0.1, 0.15) is 67.1 Å². The number of rotatable bonds is 8. The summed E-state index contributed by atoms with van der Waals surface area (Å²) in [5, 5.41) is 12.8. The lowest BCUT2D eigenvalue weighted by Crippen LogP contribution is -2.34. The van der Waals surface area contributed by atoms with E-state index in [1.165, 1.54) is 4.90 Å². The third kappa shape index (κ3) is 6.81. The van der Waals surface area contributed by atoms with Crippen molar-refractivity contribution in [2.75, 3.05) is 19.4 Å². The summed E-state index contributed by atoms with van der Waals surface area (Å²) in [6, 6.07) is 8.93. The number of ether oxygens (including phenoxy) is 1. The van der Waals surface area contributed by atoms with Gasteiger partial charge in [0.1, 0.15) is 6.10 Å². The van der Waals surface area contributed by atoms with Crippen LogP contribution in [0.2, 0.25) is 0 Å². The first-order valence-corrected chi connectivity index (χ1v) is 11.4. The highest BCUT2D eigenvalue weighted by molar-refractivity contribution is 5.94. The Kier molecular flexibility index (Phi) is 8.08. The fraction of sp³-hybridized carbons (Fsp3) is 0.500. The van der Waals surface area contributed by atoms with E-state index in [2.05, 4.69) is 20.8 Å². The average molecular weight is 456 g/mol. The minimum absolute atomic E-state index is 0.0780. The average Bonchev–Trinajstić information content (AvgIpc) is 3.43. The molecule has 9 nitrogen and oxygen atoms in total. The smallest absolute Gasteiger partial charge is 0.407 e. The summed E-state index contributed by atoms with van der Waals surface area (Å²) >= 11 is 0. The van der Waals surface area contributed by atoms with E-state index in [9.17, 15) is 14.4 Å². The van der Waals surface area contributed by atoms with Crippen molar-refractivity contribution in [3.63, 3.8) is 0 Å². The van der Waals surface area contributed by atoms with Gasteiger partial charge in [0.2, 0.25) is 5.91 Å². The molecule has 33 heavy (non-hydrogen) atoms. The summed E-state index contributed by atoms with van der Waals surface area (Å²) in [6.45, 7) is 3.95. The third-order valence-corrected chi connectivity index (χ3v) is 5.91. The van der Waals surface area contributed by atoms with Crippen LogP contribution in [-0.4, -0.2) is 59.2 Å². The van der Waals surface area contributed by atoms with Gasteiger partial charge in [-0.2, -0.15) is 5.10 Å². The highest BCUT2D eigenvalue weighted by atomic mass is 16.6. The number of benzene rings is 1. The van der Waals surface area contributed by atoms with E-state index in [-0.39, 0.29) is 42.4 Å². The van der Waals surface area contributed by atoms with Gasteiger partial charge in [-0.05, 0) is 50.3 Å². The van der Waals surface area contributed by atoms with Crippen molar-refractivity contribution in [1.29, 1.82) is 0 Å². The van der Waals surface area contributed by atoms with Gasteiger partial charge in [0, 0.05) is 43.4 Å². The number of hydrogen-bond acceptors (Lipinski definition) is 5. The number of nitrogens with zero attached hydrogens (tertiary/aromatic N) is 2. The number of nitrogens with one attached hydrogen (secondary N) is 3. The maximum Gasteiger partial charge on any atom is 0.407 e. The molecule has 0 bridgehead atoms. The molecular weight excluding hydrogens is 422 g/mol. The maximum absolute atomic E-state index is 12.4. The van der Waals surface area contributed by atoms with E-state index < -0.39 is 0 Å². The van der Waals surface area contributed by atoms with Gasteiger partial charge < -0.3 is 20.3 Å². The second-order valence-electron chi connectivity index (χ2n) is 8.82. The first-order valence-electron chi connectivity index (χ1n) is 11.4. The Balaban J connectivity index is 1.48. The SMILES string of the molecule is CCC(C)NC(=O)OC1CCC(c2cc(NC(=O)Cc3ccc(C(=O)N(C)C)cc3)n[nH]2)C1. The van der Waals surface area contributed by atoms with Gasteiger partial charge in [-0.25, -0.2) is 4.79 Å². The molecule has 3 atom stereocenters. The maximum atomic E-state index is 12.4. The summed E-state index contributed by atoms with van der Waals surface area (Å²) in [7, 11) is 3.40. The van der Waals surface area contributed by atoms with Crippen LogP contribution in [0.3, 0.4) is 0 Å². The van der Waals surface area contributed by atoms with Gasteiger partial charge in [-0.3, -0.25) is 14.7 Å². The fourth-order valence-electron chi connectivity index (χ4n) is 3.82. The molecule has 1 aromatic carbocycles. The minimum atomic E-state index is -0.369. The Labute approximate surface area is 194 Å². The van der Waals surface area contributed by atoms with Gasteiger partial charge in [-0.15, -0.1) is 0 Å². The summed E-state index contributed by atoms with van der Waals surface area (Å²) in [5.41, 5.74) is 2.31. The van der Waals surface area contributed by atoms with E-state index in [1.54, 1.807) is 38.4 Å². The highest BCUT2D eigenvalue weighted by Crippen LogP contribution is 2.35. The van der Waals surface area contributed by atoms with Crippen molar-refractivity contribution >= 4 is 23.7 Å². The summed E-state index contributed by atoms with van der Waals surface area (Å²) in [5.74, 6) is 0.402. The molecule has 1 aliphatic rings. The molecule has 3 N–H and O–H groups in total. The number of aromatic nitrogens is 2. The zero-order chi connectivity index (χ0) is 24.0. The Hall–Kier alpha value is -3.36. The zero-order valence-corrected chi connectivity index (χ0v) is 19.7. The van der Waals surface area contributed by atoms with Crippen molar-refractivity contribution in [2.24, 2.45) is 0 Å². The number of amides is 3. The molecule has 1 aliphatic carbocycles. The largest absolute Gasteiger partial charge is 0.446 e. The number of hydrogen-bond donors (Lipinski definition) is 3. The zero-order valence-electron chi connectivity index (χ0n) is 19.7. The number of carbonyl (C=O) groups excluding carboxylic acids is 3. The lowest BCUT2D eigenvalue weighted by Gasteiger charge is -2.16. The molecule has 2 aromatic rings. The topological polar surface area (TPSA) is 116 Å². The molecule has 3 unspecified atom stereocenters. The van der Waals surface area contributed by atoms with Crippen molar-refractivity contribution in [3.05, 3.63) is 47.2 Å². The number of carbonyl (C=O) groups is 3. The van der Waals surface area contributed by atoms with Gasteiger partial charge in [0.15, 0.2) is 5.82 Å². The standard InChI is InChI=1S/C24H33N5O4/c1-5-15(2)25-24(32)33-19-11-10-18(13-19)20-14-21(28-27-20)26-22(30)12-16-6-8-17(9-7-16)23(31)29(3)4/h6-9,14-15,18-19H,5,10-13H2,1-4H3,(H,25,32)(H2,26,27,28,30). The Morgan fingerprint density at radius 3 is 2.61 bits per heavy atom. The van der Waals surface area contributed by atoms with Gasteiger partial charge in [-0.1, -0.05) is 19.1 Å². The van der Waals surface area contributed by atoms with Crippen molar-refractivity contribution < 1.29 is 19.1 Å². The third-order valence-electron chi connectivity index (χ3n) is 5.91. The molecule has 1 aromatic heterocycles. The predicted molar refractivity (Wildman–Crippen MR) is 125 cm³/mol. The van der Waals surface area contributed by atoms with Crippen molar-refractivity contribution in [1.82, 2.24) is 20.4 Å². The van der Waals surface area contributed by atoms with Crippen LogP contribution in [-0.2, 0) is 16.0 Å². The minimum Gasteiger partial charge on any atom is -0.446 e. The van der Waals surface area contributed by atoms with Crippen molar-refractivity contribution in [2.45, 2.75) is 64.0 Å². The molecule has 0 saturated heterocycles. The molecule has 3 rings (SSSR count). The number of alkyl carbamates (subject to hydrolysis) is 1. The van der Waals surface area contributed by atoms with Crippen LogP contribution in [0.15, 0.2) is 30.3 Å². The van der Waals surface area contributed by atoms with Gasteiger partial charge in [0.25, 0.3) is 5.91 Å². The Morgan fingerprint density at radius 1 is 1.21 bits per heavy atom. The molecule has 0 spiro atoms. The number of H-pyrrole nitrogens is 1. The van der Waals surface area contributed by atoms with E-state index in [1.807, 2.05) is 19.9 Å². The van der Waals surface area contributed by atoms with Crippen LogP contribution < -0.4 is 10.6 Å². The predicted octanol–water partition coefficient (Wildman–Crippen LogP) is 3.45. The van der Waals surface area contributed by atoms with E-state index >= 15 is 0 Å². The number of anilines is 1. The molecule has 0 aliphatic heterocycles. The normalized spacial score (nSPS) is 18.4. The molecule has 3 amide bonds. The molecule has 0 radical (unpaired) electrons. The van der Waals surface area contributed by atoms with E-state index in [0.29, 0.717) is 11.4 Å². The van der Waals surface area contributed by atoms with Crippen LogP contribution in [0.4, 0.5) is 10.6 Å². The monoisotopic (exact) mass is 455 g/mol. The molecule has 1 heterocycles. The van der Waals surface area contributed by atoms with Gasteiger partial charge >= 0.3 is 6.09 Å². The second-order valence-corrected chi connectivity index (χ2v) is 8.82. The lowest BCUT2D eigenvalue weighted by atomic mass is 10.0. The van der Waals surface area contributed by atoms with Gasteiger partial charge in [0.05, 0.1) is 6.42 Å². The summed E-state index contributed by atoms with van der Waals surface area (Å²) in [6.07, 6.45) is 2.95. The molecule has 1 fully saturated rings. The fourth-order valence-corrected chi connectivity index (χ4v) is 3.82. The van der Waals surface area contributed by atoms with E-state index in [0.717, 1.165) is 36.9 Å². The molecule has 1 saturated carbocycles. The Bertz CT molecular complexity index is 969. The number of aromatic amines is 1. The summed E-state index contributed by atoms with van der Waals surface area (Å²) < 4.78 is 5.53. The van der Waals surface area contributed by atoms with Crippen LogP contribution >= 0.6 is 0 Å². The lowest BCUT2D eigenvalue weighted by molar-refractivity contribution is -0.115. The van der Waals surface area contributed by atoms with E-state index in [4.69, 9.17) is 4.74 Å². The molecule has 178 valence electrons. The van der Waals surface area contributed by atoms with Crippen LogP contribution in [0, 0.1) is 0 Å². The molecule has 9 heteroatoms.